The predicted octanol–water partition coefficient (Wildman–Crippen LogP) is 15.3. The summed E-state index contributed by atoms with van der Waals surface area (Å²) in [7, 11) is 0. The zero-order chi connectivity index (χ0) is 43.3. The van der Waals surface area contributed by atoms with Gasteiger partial charge in [-0.05, 0) is 31.6 Å². The van der Waals surface area contributed by atoms with E-state index in [0.29, 0.717) is 25.7 Å². The highest BCUT2D eigenvalue weighted by Crippen LogP contribution is 2.53. The second kappa shape index (κ2) is 37.8. The minimum absolute atomic E-state index is 0.0346. The van der Waals surface area contributed by atoms with Gasteiger partial charge in [0.2, 0.25) is 0 Å². The van der Waals surface area contributed by atoms with Gasteiger partial charge in [-0.2, -0.15) is 0 Å². The third kappa shape index (κ3) is 24.2. The lowest BCUT2D eigenvalue weighted by molar-refractivity contribution is -0.187. The minimum Gasteiger partial charge on any atom is -0.481 e. The molecule has 0 radical (unpaired) electrons. The molecule has 0 saturated heterocycles. The number of aliphatic carboxylic acids is 4. The molecule has 4 N–H and O–H groups in total. The van der Waals surface area contributed by atoms with Crippen LogP contribution in [-0.4, -0.2) is 44.3 Å². The number of hydrogen-bond acceptors (Lipinski definition) is 4. The van der Waals surface area contributed by atoms with Crippen LogP contribution in [0.2, 0.25) is 0 Å². The number of carbonyl (C=O) groups is 4. The summed E-state index contributed by atoms with van der Waals surface area (Å²) in [5.41, 5.74) is -2.24. The van der Waals surface area contributed by atoms with Crippen molar-refractivity contribution in [2.75, 3.05) is 0 Å². The number of unbranched alkanes of at least 4 members (excludes halogenated alkanes) is 29. The third-order valence-corrected chi connectivity index (χ3v) is 13.2. The molecule has 5 unspecified atom stereocenters. The first kappa shape index (κ1) is 55.9. The first-order chi connectivity index (χ1) is 28.1. The van der Waals surface area contributed by atoms with E-state index in [1.165, 1.54) is 83.5 Å². The van der Waals surface area contributed by atoms with Gasteiger partial charge in [-0.25, -0.2) is 0 Å². The van der Waals surface area contributed by atoms with Crippen LogP contribution in [0.3, 0.4) is 0 Å². The summed E-state index contributed by atoms with van der Waals surface area (Å²) in [5.74, 6) is -10.4. The van der Waals surface area contributed by atoms with Gasteiger partial charge in [0.05, 0.1) is 23.2 Å². The van der Waals surface area contributed by atoms with Gasteiger partial charge in [-0.1, -0.05) is 240 Å². The van der Waals surface area contributed by atoms with Crippen molar-refractivity contribution in [2.45, 2.75) is 265 Å². The summed E-state index contributed by atoms with van der Waals surface area (Å²) >= 11 is 0. The summed E-state index contributed by atoms with van der Waals surface area (Å²) in [5, 5.41) is 44.3. The molecule has 5 atom stereocenters. The molecular weight excluding hydrogens is 729 g/mol. The Labute approximate surface area is 356 Å². The standard InChI is InChI=1S/C50H94O8/c1-5-9-13-17-20-22-24-25-26-28-29-32-35-39-43(42(46(51)52)38-34-16-12-8-4)50(49(57)58,44(47(53)54)40-36-31-19-15-11-7-3)45(48(55)56)41-37-33-30-27-23-21-18-14-10-6-2/h42-45H,5-41H2,1-4H3,(H,51,52)(H,53,54)(H,55,56)(H,57,58). The maximum atomic E-state index is 14.1. The predicted molar refractivity (Wildman–Crippen MR) is 240 cm³/mol. The maximum Gasteiger partial charge on any atom is 0.311 e. The fraction of sp³-hybridized carbons (Fsp3) is 0.920. The van der Waals surface area contributed by atoms with E-state index in [4.69, 9.17) is 0 Å². The van der Waals surface area contributed by atoms with Crippen LogP contribution in [0.1, 0.15) is 265 Å². The van der Waals surface area contributed by atoms with E-state index in [0.717, 1.165) is 103 Å². The van der Waals surface area contributed by atoms with Gasteiger partial charge in [0, 0.05) is 0 Å². The van der Waals surface area contributed by atoms with E-state index in [2.05, 4.69) is 27.7 Å². The van der Waals surface area contributed by atoms with Gasteiger partial charge in [0.1, 0.15) is 0 Å². The molecule has 0 aliphatic rings. The van der Waals surface area contributed by atoms with E-state index in [9.17, 15) is 39.6 Å². The van der Waals surface area contributed by atoms with Crippen LogP contribution in [0.5, 0.6) is 0 Å². The molecule has 342 valence electrons. The van der Waals surface area contributed by atoms with Crippen LogP contribution >= 0.6 is 0 Å². The molecule has 0 spiro atoms. The van der Waals surface area contributed by atoms with Crippen molar-refractivity contribution >= 4 is 23.9 Å². The fourth-order valence-electron chi connectivity index (χ4n) is 9.76. The van der Waals surface area contributed by atoms with Gasteiger partial charge in [0.25, 0.3) is 0 Å². The van der Waals surface area contributed by atoms with E-state index in [-0.39, 0.29) is 25.7 Å². The average Bonchev–Trinajstić information content (AvgIpc) is 3.18. The van der Waals surface area contributed by atoms with Crippen molar-refractivity contribution in [1.29, 1.82) is 0 Å². The summed E-state index contributed by atoms with van der Waals surface area (Å²) < 4.78 is 0. The molecule has 0 aliphatic heterocycles. The molecule has 0 amide bonds. The zero-order valence-electron chi connectivity index (χ0n) is 38.4. The monoisotopic (exact) mass is 823 g/mol. The quantitative estimate of drug-likeness (QED) is 0.0444. The van der Waals surface area contributed by atoms with Crippen LogP contribution in [-0.2, 0) is 19.2 Å². The van der Waals surface area contributed by atoms with Gasteiger partial charge in [-0.15, -0.1) is 0 Å². The molecule has 8 heteroatoms. The third-order valence-electron chi connectivity index (χ3n) is 13.2. The summed E-state index contributed by atoms with van der Waals surface area (Å²) in [6.07, 6.45) is 34.1. The molecular formula is C50H94O8. The van der Waals surface area contributed by atoms with Crippen molar-refractivity contribution in [3.8, 4) is 0 Å². The summed E-state index contributed by atoms with van der Waals surface area (Å²) in [6.45, 7) is 8.64. The van der Waals surface area contributed by atoms with Crippen LogP contribution < -0.4 is 0 Å². The molecule has 0 bridgehead atoms. The minimum atomic E-state index is -2.24. The highest BCUT2D eigenvalue weighted by Gasteiger charge is 2.63. The Balaban J connectivity index is 6.52. The summed E-state index contributed by atoms with van der Waals surface area (Å²) in [6, 6.07) is 0. The molecule has 0 heterocycles. The number of rotatable bonds is 45. The number of hydrogen-bond donors (Lipinski definition) is 4. The Hall–Kier alpha value is -2.12. The lowest BCUT2D eigenvalue weighted by Crippen LogP contribution is -2.58. The Morgan fingerprint density at radius 3 is 0.828 bits per heavy atom. The first-order valence-electron chi connectivity index (χ1n) is 25.0. The molecule has 0 fully saturated rings. The van der Waals surface area contributed by atoms with Crippen LogP contribution in [0.4, 0.5) is 0 Å². The molecule has 0 saturated carbocycles. The van der Waals surface area contributed by atoms with E-state index in [1.807, 2.05) is 0 Å². The zero-order valence-corrected chi connectivity index (χ0v) is 38.4. The number of carboxylic acid groups (broad SMARTS) is 4. The van der Waals surface area contributed by atoms with Gasteiger partial charge in [0.15, 0.2) is 0 Å². The van der Waals surface area contributed by atoms with Gasteiger partial charge < -0.3 is 20.4 Å². The second-order valence-electron chi connectivity index (χ2n) is 18.0. The fourth-order valence-corrected chi connectivity index (χ4v) is 9.76. The smallest absolute Gasteiger partial charge is 0.311 e. The van der Waals surface area contributed by atoms with Crippen molar-refractivity contribution < 1.29 is 39.6 Å². The van der Waals surface area contributed by atoms with E-state index >= 15 is 0 Å². The Kier molecular flexibility index (Phi) is 36.5. The molecule has 8 nitrogen and oxygen atoms in total. The lowest BCUT2D eigenvalue weighted by atomic mass is 9.52. The van der Waals surface area contributed by atoms with E-state index < -0.39 is 53.0 Å². The summed E-state index contributed by atoms with van der Waals surface area (Å²) in [4.78, 5) is 54.4. The maximum absolute atomic E-state index is 14.1. The molecule has 0 aromatic heterocycles. The lowest BCUT2D eigenvalue weighted by Gasteiger charge is -2.47. The Bertz CT molecular complexity index is 1010. The normalized spacial score (nSPS) is 14.8. The van der Waals surface area contributed by atoms with Crippen molar-refractivity contribution in [3.63, 3.8) is 0 Å². The second-order valence-corrected chi connectivity index (χ2v) is 18.0. The largest absolute Gasteiger partial charge is 0.481 e. The van der Waals surface area contributed by atoms with Gasteiger partial charge >= 0.3 is 23.9 Å². The highest BCUT2D eigenvalue weighted by atomic mass is 16.4. The number of carboxylic acids is 4. The van der Waals surface area contributed by atoms with Gasteiger partial charge in [-0.3, -0.25) is 19.2 Å². The first-order valence-corrected chi connectivity index (χ1v) is 25.0. The van der Waals surface area contributed by atoms with Crippen molar-refractivity contribution in [1.82, 2.24) is 0 Å². The van der Waals surface area contributed by atoms with Crippen molar-refractivity contribution in [3.05, 3.63) is 0 Å². The van der Waals surface area contributed by atoms with Crippen LogP contribution in [0.25, 0.3) is 0 Å². The highest BCUT2D eigenvalue weighted by molar-refractivity contribution is 5.90. The molecule has 0 rings (SSSR count). The molecule has 0 aliphatic carbocycles. The Morgan fingerprint density at radius 2 is 0.569 bits per heavy atom. The molecule has 0 aromatic rings. The topological polar surface area (TPSA) is 149 Å². The SMILES string of the molecule is CCCCCCCCCCCCCCCC(C(CCCCCC)C(=O)O)C(C(=O)O)(C(CCCCCCCC)C(=O)O)C(CCCCCCCCCCCC)C(=O)O. The molecule has 0 aromatic carbocycles. The average molecular weight is 823 g/mol. The van der Waals surface area contributed by atoms with Crippen LogP contribution in [0.15, 0.2) is 0 Å². The Morgan fingerprint density at radius 1 is 0.328 bits per heavy atom. The van der Waals surface area contributed by atoms with Crippen molar-refractivity contribution in [2.24, 2.45) is 29.1 Å². The van der Waals surface area contributed by atoms with E-state index in [1.54, 1.807) is 0 Å². The van der Waals surface area contributed by atoms with Crippen LogP contribution in [0, 0.1) is 29.1 Å². The molecule has 58 heavy (non-hydrogen) atoms.